The molecule has 0 unspecified atom stereocenters. The van der Waals surface area contributed by atoms with E-state index in [-0.39, 0.29) is 11.2 Å². The lowest BCUT2D eigenvalue weighted by Crippen LogP contribution is -2.53. The molecule has 1 aliphatic heterocycles. The van der Waals surface area contributed by atoms with Crippen LogP contribution in [0, 0.1) is 5.82 Å². The number of benzene rings is 1. The van der Waals surface area contributed by atoms with Gasteiger partial charge in [0.15, 0.2) is 5.96 Å². The maximum absolute atomic E-state index is 13.2. The Morgan fingerprint density at radius 3 is 2.39 bits per heavy atom. The molecular weight excluding hydrogens is 355 g/mol. The fourth-order valence-electron chi connectivity index (χ4n) is 3.72. The number of halogens is 1. The van der Waals surface area contributed by atoms with Crippen molar-refractivity contribution in [2.75, 3.05) is 44.2 Å². The van der Waals surface area contributed by atoms with E-state index in [2.05, 4.69) is 32.0 Å². The second kappa shape index (κ2) is 8.12. The van der Waals surface area contributed by atoms with Crippen LogP contribution in [-0.2, 0) is 5.41 Å². The molecule has 1 saturated carbocycles. The highest BCUT2D eigenvalue weighted by atomic mass is 19.1. The quantitative estimate of drug-likeness (QED) is 0.636. The summed E-state index contributed by atoms with van der Waals surface area (Å²) < 4.78 is 13.2. The molecule has 1 N–H and O–H groups in total. The normalized spacial score (nSPS) is 18.9. The Balaban J connectivity index is 1.41. The van der Waals surface area contributed by atoms with Gasteiger partial charge in [0, 0.05) is 50.5 Å². The summed E-state index contributed by atoms with van der Waals surface area (Å²) in [5.74, 6) is 1.57. The van der Waals surface area contributed by atoms with E-state index in [1.54, 1.807) is 24.5 Å². The van der Waals surface area contributed by atoms with E-state index >= 15 is 0 Å². The smallest absolute Gasteiger partial charge is 0.225 e. The molecule has 2 aromatic rings. The second-order valence-electron chi connectivity index (χ2n) is 7.48. The number of nitrogens with zero attached hydrogens (tertiary/aromatic N) is 5. The first-order chi connectivity index (χ1) is 13.7. The van der Waals surface area contributed by atoms with Crippen molar-refractivity contribution in [2.45, 2.75) is 25.2 Å². The van der Waals surface area contributed by atoms with Crippen molar-refractivity contribution < 1.29 is 4.39 Å². The maximum atomic E-state index is 13.2. The Kier molecular flexibility index (Phi) is 5.41. The lowest BCUT2D eigenvalue weighted by atomic mass is 9.96. The Morgan fingerprint density at radius 2 is 1.79 bits per heavy atom. The first-order valence-corrected chi connectivity index (χ1v) is 10.0. The summed E-state index contributed by atoms with van der Waals surface area (Å²) in [5, 5.41) is 3.43. The number of aliphatic imine (C=N–C) groups is 1. The third-order valence-electron chi connectivity index (χ3n) is 5.59. The monoisotopic (exact) mass is 382 g/mol. The van der Waals surface area contributed by atoms with E-state index in [4.69, 9.17) is 4.99 Å². The number of nitrogens with one attached hydrogen (secondary N) is 1. The molecule has 1 saturated heterocycles. The molecule has 0 amide bonds. The zero-order chi connectivity index (χ0) is 19.4. The number of rotatable bonds is 5. The molecule has 6 nitrogen and oxygen atoms in total. The Morgan fingerprint density at radius 1 is 1.11 bits per heavy atom. The van der Waals surface area contributed by atoms with Gasteiger partial charge in [-0.3, -0.25) is 4.99 Å². The van der Waals surface area contributed by atoms with Crippen molar-refractivity contribution >= 4 is 11.9 Å². The van der Waals surface area contributed by atoms with Gasteiger partial charge in [0.2, 0.25) is 5.95 Å². The fraction of sp³-hybridized carbons (Fsp3) is 0.476. The minimum Gasteiger partial charge on any atom is -0.357 e. The van der Waals surface area contributed by atoms with Gasteiger partial charge in [0.1, 0.15) is 5.82 Å². The topological polar surface area (TPSA) is 56.7 Å². The lowest BCUT2D eigenvalue weighted by molar-refractivity contribution is 0.369. The summed E-state index contributed by atoms with van der Waals surface area (Å²) in [4.78, 5) is 18.2. The van der Waals surface area contributed by atoms with E-state index in [0.717, 1.165) is 64.0 Å². The molecule has 2 fully saturated rings. The van der Waals surface area contributed by atoms with E-state index in [1.807, 2.05) is 18.2 Å². The van der Waals surface area contributed by atoms with Crippen LogP contribution in [0.15, 0.2) is 47.7 Å². The molecular formula is C21H27FN6. The molecule has 0 radical (unpaired) electrons. The number of guanidine groups is 1. The maximum Gasteiger partial charge on any atom is 0.225 e. The van der Waals surface area contributed by atoms with E-state index in [1.165, 1.54) is 5.56 Å². The van der Waals surface area contributed by atoms with Gasteiger partial charge < -0.3 is 15.1 Å². The number of aromatic nitrogens is 2. The van der Waals surface area contributed by atoms with Crippen LogP contribution in [-0.4, -0.2) is 60.1 Å². The first-order valence-electron chi connectivity index (χ1n) is 10.0. The number of hydrogen-bond donors (Lipinski definition) is 1. The van der Waals surface area contributed by atoms with Crippen LogP contribution in [0.4, 0.5) is 10.3 Å². The Bertz CT molecular complexity index is 795. The summed E-state index contributed by atoms with van der Waals surface area (Å²) in [6.45, 7) is 7.18. The number of piperazine rings is 1. The molecule has 0 atom stereocenters. The van der Waals surface area contributed by atoms with Crippen LogP contribution in [0.3, 0.4) is 0 Å². The SMILES string of the molecule is CCNC(=NCC1(c2ccc(F)cc2)CC1)N1CCN(c2ncccn2)CC1. The second-order valence-corrected chi connectivity index (χ2v) is 7.48. The van der Waals surface area contributed by atoms with Gasteiger partial charge in [-0.25, -0.2) is 14.4 Å². The van der Waals surface area contributed by atoms with Crippen molar-refractivity contribution in [3.05, 3.63) is 54.1 Å². The Labute approximate surface area is 165 Å². The van der Waals surface area contributed by atoms with Crippen molar-refractivity contribution in [1.82, 2.24) is 20.2 Å². The molecule has 1 aromatic heterocycles. The molecule has 4 rings (SSSR count). The summed E-state index contributed by atoms with van der Waals surface area (Å²) in [7, 11) is 0. The summed E-state index contributed by atoms with van der Waals surface area (Å²) in [6, 6.07) is 8.75. The Hall–Kier alpha value is -2.70. The molecule has 0 spiro atoms. The van der Waals surface area contributed by atoms with E-state index in [0.29, 0.717) is 0 Å². The highest BCUT2D eigenvalue weighted by Crippen LogP contribution is 2.48. The van der Waals surface area contributed by atoms with Crippen LogP contribution >= 0.6 is 0 Å². The standard InChI is InChI=1S/C21H27FN6/c1-2-23-19(26-16-21(8-9-21)17-4-6-18(22)7-5-17)27-12-14-28(15-13-27)20-24-10-3-11-25-20/h3-7,10-11H,2,8-9,12-16H2,1H3,(H,23,26). The molecule has 1 aliphatic carbocycles. The van der Waals surface area contributed by atoms with Gasteiger partial charge >= 0.3 is 0 Å². The summed E-state index contributed by atoms with van der Waals surface area (Å²) in [5.41, 5.74) is 1.27. The van der Waals surface area contributed by atoms with Crippen molar-refractivity contribution in [3.63, 3.8) is 0 Å². The van der Waals surface area contributed by atoms with Gasteiger partial charge in [-0.1, -0.05) is 12.1 Å². The molecule has 148 valence electrons. The number of hydrogen-bond acceptors (Lipinski definition) is 4. The molecule has 7 heteroatoms. The van der Waals surface area contributed by atoms with Gasteiger partial charge in [-0.2, -0.15) is 0 Å². The molecule has 2 heterocycles. The van der Waals surface area contributed by atoms with Crippen molar-refractivity contribution in [1.29, 1.82) is 0 Å². The van der Waals surface area contributed by atoms with Crippen LogP contribution in [0.5, 0.6) is 0 Å². The van der Waals surface area contributed by atoms with E-state index < -0.39 is 0 Å². The first kappa shape index (κ1) is 18.7. The van der Waals surface area contributed by atoms with E-state index in [9.17, 15) is 4.39 Å². The lowest BCUT2D eigenvalue weighted by Gasteiger charge is -2.36. The highest BCUT2D eigenvalue weighted by molar-refractivity contribution is 5.80. The average molecular weight is 382 g/mol. The van der Waals surface area contributed by atoms with Crippen molar-refractivity contribution in [3.8, 4) is 0 Å². The minimum absolute atomic E-state index is 0.0775. The molecule has 0 bridgehead atoms. The van der Waals surface area contributed by atoms with Crippen molar-refractivity contribution in [2.24, 2.45) is 4.99 Å². The average Bonchev–Trinajstić information content (AvgIpc) is 3.53. The zero-order valence-corrected chi connectivity index (χ0v) is 16.3. The van der Waals surface area contributed by atoms with Crippen LogP contribution in [0.25, 0.3) is 0 Å². The third-order valence-corrected chi connectivity index (χ3v) is 5.59. The van der Waals surface area contributed by atoms with Gasteiger partial charge in [0.25, 0.3) is 0 Å². The van der Waals surface area contributed by atoms with Gasteiger partial charge in [-0.15, -0.1) is 0 Å². The third kappa shape index (κ3) is 4.08. The van der Waals surface area contributed by atoms with Crippen LogP contribution in [0.1, 0.15) is 25.3 Å². The summed E-state index contributed by atoms with van der Waals surface area (Å²) >= 11 is 0. The fourth-order valence-corrected chi connectivity index (χ4v) is 3.72. The zero-order valence-electron chi connectivity index (χ0n) is 16.3. The minimum atomic E-state index is -0.184. The summed E-state index contributed by atoms with van der Waals surface area (Å²) in [6.07, 6.45) is 5.79. The number of anilines is 1. The highest BCUT2D eigenvalue weighted by Gasteiger charge is 2.44. The predicted octanol–water partition coefficient (Wildman–Crippen LogP) is 2.44. The van der Waals surface area contributed by atoms with Gasteiger partial charge in [-0.05, 0) is 43.5 Å². The van der Waals surface area contributed by atoms with Gasteiger partial charge in [0.05, 0.1) is 6.54 Å². The molecule has 28 heavy (non-hydrogen) atoms. The largest absolute Gasteiger partial charge is 0.357 e. The molecule has 2 aliphatic rings. The predicted molar refractivity (Wildman–Crippen MR) is 109 cm³/mol. The molecule has 1 aromatic carbocycles. The van der Waals surface area contributed by atoms with Crippen LogP contribution in [0.2, 0.25) is 0 Å². The van der Waals surface area contributed by atoms with Crippen LogP contribution < -0.4 is 10.2 Å².